The maximum atomic E-state index is 12.8. The topological polar surface area (TPSA) is 78.9 Å². The molecule has 1 unspecified atom stereocenters. The molecule has 0 heterocycles. The van der Waals surface area contributed by atoms with Crippen LogP contribution in [0.4, 0.5) is 0 Å². The number of esters is 3. The molecule has 0 radical (unpaired) electrons. The van der Waals surface area contributed by atoms with Crippen molar-refractivity contribution in [2.75, 3.05) is 13.2 Å². The summed E-state index contributed by atoms with van der Waals surface area (Å²) < 4.78 is 16.8. The molecule has 0 aromatic heterocycles. The lowest BCUT2D eigenvalue weighted by atomic mass is 10.0. The molecule has 0 aromatic rings. The number of carbonyl (C=O) groups excluding carboxylic acids is 3. The highest BCUT2D eigenvalue weighted by atomic mass is 16.6. The van der Waals surface area contributed by atoms with Crippen molar-refractivity contribution in [1.82, 2.24) is 0 Å². The molecule has 0 rings (SSSR count). The third-order valence-electron chi connectivity index (χ3n) is 14.3. The Balaban J connectivity index is 4.18. The number of carbonyl (C=O) groups is 3. The minimum Gasteiger partial charge on any atom is -0.462 e. The van der Waals surface area contributed by atoms with Gasteiger partial charge >= 0.3 is 17.9 Å². The largest absolute Gasteiger partial charge is 0.462 e. The molecule has 0 aliphatic rings. The van der Waals surface area contributed by atoms with E-state index >= 15 is 0 Å². The number of unbranched alkanes of at least 4 members (excludes halogenated alkanes) is 32. The first-order chi connectivity index (χ1) is 39.0. The second-order valence-electron chi connectivity index (χ2n) is 22.0. The van der Waals surface area contributed by atoms with Crippen molar-refractivity contribution in [3.8, 4) is 0 Å². The van der Waals surface area contributed by atoms with Crippen molar-refractivity contribution >= 4 is 17.9 Å². The van der Waals surface area contributed by atoms with Gasteiger partial charge in [0, 0.05) is 12.8 Å². The zero-order chi connectivity index (χ0) is 57.1. The minimum atomic E-state index is -0.830. The molecule has 79 heavy (non-hydrogen) atoms. The molecule has 0 saturated carbocycles. The maximum Gasteiger partial charge on any atom is 0.310 e. The Kier molecular flexibility index (Phi) is 63.3. The van der Waals surface area contributed by atoms with Crippen LogP contribution in [-0.4, -0.2) is 37.2 Å². The molecular weight excluding hydrogens is 973 g/mol. The van der Waals surface area contributed by atoms with Crippen LogP contribution in [0.1, 0.15) is 316 Å². The molecule has 6 heteroatoms. The second-order valence-corrected chi connectivity index (χ2v) is 22.0. The van der Waals surface area contributed by atoms with E-state index in [1.54, 1.807) is 6.08 Å². The Morgan fingerprint density at radius 1 is 0.278 bits per heavy atom. The van der Waals surface area contributed by atoms with Gasteiger partial charge in [-0.2, -0.15) is 0 Å². The molecule has 0 aliphatic heterocycles. The van der Waals surface area contributed by atoms with Crippen LogP contribution >= 0.6 is 0 Å². The van der Waals surface area contributed by atoms with Crippen molar-refractivity contribution in [2.24, 2.45) is 0 Å². The zero-order valence-electron chi connectivity index (χ0n) is 51.9. The van der Waals surface area contributed by atoms with Crippen LogP contribution in [0, 0.1) is 0 Å². The number of allylic oxidation sites excluding steroid dienone is 17. The quantitative estimate of drug-likeness (QED) is 0.0261. The summed E-state index contributed by atoms with van der Waals surface area (Å²) in [5.41, 5.74) is 0. The molecule has 1 atom stereocenters. The first-order valence-electron chi connectivity index (χ1n) is 33.4. The molecule has 0 fully saturated rings. The summed E-state index contributed by atoms with van der Waals surface area (Å²) in [6, 6.07) is 0. The predicted molar refractivity (Wildman–Crippen MR) is 343 cm³/mol. The van der Waals surface area contributed by atoms with E-state index in [4.69, 9.17) is 14.2 Å². The number of hydrogen-bond acceptors (Lipinski definition) is 6. The SMILES string of the molecule is CC/C=C\C/C=C\C/C=C\C/C=C\C/C=C\CC(=O)OC(COC(=O)CCCCCCCCCCCCCCC)COC(=O)CCCCCCCCCCCCCCCCCCCCCC/C=C\C/C=C\C/C=C\C/C=C\CC. The third-order valence-corrected chi connectivity index (χ3v) is 14.3. The Morgan fingerprint density at radius 3 is 0.835 bits per heavy atom. The van der Waals surface area contributed by atoms with Gasteiger partial charge in [-0.25, -0.2) is 0 Å². The predicted octanol–water partition coefficient (Wildman–Crippen LogP) is 23.0. The van der Waals surface area contributed by atoms with Crippen LogP contribution in [0.5, 0.6) is 0 Å². The Bertz CT molecular complexity index is 1590. The molecule has 0 aliphatic carbocycles. The fourth-order valence-corrected chi connectivity index (χ4v) is 9.39. The van der Waals surface area contributed by atoms with Gasteiger partial charge < -0.3 is 14.2 Å². The molecule has 6 nitrogen and oxygen atoms in total. The Morgan fingerprint density at radius 2 is 0.532 bits per heavy atom. The second kappa shape index (κ2) is 66.6. The maximum absolute atomic E-state index is 12.8. The number of rotatable bonds is 60. The standard InChI is InChI=1S/C73H124O6/c1-4-7-10-13-16-19-22-25-27-28-29-30-31-32-33-34-35-36-37-38-39-40-41-42-43-44-46-48-51-54-57-60-63-66-72(75)78-69-70(68-77-71(74)65-62-59-56-53-50-47-24-21-18-15-12-9-6-3)79-73(76)67-64-61-58-55-52-49-45-26-23-20-17-14-11-8-5-2/h7-8,10-11,16-17,19-20,25-27,29-30,45,52,55,61,64,70H,4-6,9,12-15,18,21-24,28,31-44,46-51,53-54,56-60,62-63,65-69H2,1-3H3/b10-7-,11-8-,19-16-,20-17-,27-25-,30-29-,45-26-,55-52-,64-61-. The molecule has 0 amide bonds. The van der Waals surface area contributed by atoms with Crippen molar-refractivity contribution in [3.63, 3.8) is 0 Å². The van der Waals surface area contributed by atoms with Gasteiger partial charge in [-0.05, 0) is 83.5 Å². The van der Waals surface area contributed by atoms with Gasteiger partial charge in [0.25, 0.3) is 0 Å². The lowest BCUT2D eigenvalue weighted by Crippen LogP contribution is -2.30. The Labute approximate surface area is 489 Å². The average molecular weight is 1100 g/mol. The third kappa shape index (κ3) is 64.8. The first-order valence-corrected chi connectivity index (χ1v) is 33.4. The highest BCUT2D eigenvalue weighted by Crippen LogP contribution is 2.17. The van der Waals surface area contributed by atoms with Crippen LogP contribution in [-0.2, 0) is 28.6 Å². The van der Waals surface area contributed by atoms with Gasteiger partial charge in [0.15, 0.2) is 6.10 Å². The minimum absolute atomic E-state index is 0.0984. The van der Waals surface area contributed by atoms with E-state index in [0.29, 0.717) is 12.8 Å². The van der Waals surface area contributed by atoms with Crippen LogP contribution < -0.4 is 0 Å². The van der Waals surface area contributed by atoms with Crippen LogP contribution in [0.25, 0.3) is 0 Å². The van der Waals surface area contributed by atoms with Crippen molar-refractivity contribution < 1.29 is 28.6 Å². The first kappa shape index (κ1) is 75.1. The van der Waals surface area contributed by atoms with E-state index in [9.17, 15) is 14.4 Å². The summed E-state index contributed by atoms with van der Waals surface area (Å²) in [5.74, 6) is -1.03. The van der Waals surface area contributed by atoms with Crippen molar-refractivity contribution in [1.29, 1.82) is 0 Å². The normalized spacial score (nSPS) is 12.8. The van der Waals surface area contributed by atoms with E-state index in [0.717, 1.165) is 96.3 Å². The Hall–Kier alpha value is -3.93. The van der Waals surface area contributed by atoms with Gasteiger partial charge in [0.2, 0.25) is 0 Å². The molecule has 0 aromatic carbocycles. The monoisotopic (exact) mass is 1100 g/mol. The molecular formula is C73H124O6. The highest BCUT2D eigenvalue weighted by molar-refractivity contribution is 5.72. The zero-order valence-corrected chi connectivity index (χ0v) is 51.9. The van der Waals surface area contributed by atoms with Gasteiger partial charge in [0.1, 0.15) is 13.2 Å². The van der Waals surface area contributed by atoms with Gasteiger partial charge in [-0.1, -0.05) is 323 Å². The lowest BCUT2D eigenvalue weighted by molar-refractivity contribution is -0.166. The summed E-state index contributed by atoms with van der Waals surface area (Å²) in [6.07, 6.45) is 91.5. The molecule has 0 spiro atoms. The molecule has 0 saturated heterocycles. The smallest absolute Gasteiger partial charge is 0.310 e. The van der Waals surface area contributed by atoms with Crippen LogP contribution in [0.15, 0.2) is 109 Å². The van der Waals surface area contributed by atoms with E-state index in [-0.39, 0.29) is 31.6 Å². The summed E-state index contributed by atoms with van der Waals surface area (Å²) in [7, 11) is 0. The van der Waals surface area contributed by atoms with E-state index in [1.165, 1.54) is 180 Å². The van der Waals surface area contributed by atoms with Crippen LogP contribution in [0.3, 0.4) is 0 Å². The van der Waals surface area contributed by atoms with Crippen LogP contribution in [0.2, 0.25) is 0 Å². The fraction of sp³-hybridized carbons (Fsp3) is 0.712. The lowest BCUT2D eigenvalue weighted by Gasteiger charge is -2.18. The van der Waals surface area contributed by atoms with Gasteiger partial charge in [-0.15, -0.1) is 0 Å². The summed E-state index contributed by atoms with van der Waals surface area (Å²) in [6.45, 7) is 6.36. The van der Waals surface area contributed by atoms with Gasteiger partial charge in [-0.3, -0.25) is 14.4 Å². The van der Waals surface area contributed by atoms with Crippen molar-refractivity contribution in [3.05, 3.63) is 109 Å². The summed E-state index contributed by atoms with van der Waals surface area (Å²) in [4.78, 5) is 38.2. The fourth-order valence-electron chi connectivity index (χ4n) is 9.39. The van der Waals surface area contributed by atoms with E-state index in [1.807, 2.05) is 6.08 Å². The molecule has 0 bridgehead atoms. The number of hydrogen-bond donors (Lipinski definition) is 0. The number of ether oxygens (including phenoxy) is 3. The highest BCUT2D eigenvalue weighted by Gasteiger charge is 2.19. The molecule has 452 valence electrons. The van der Waals surface area contributed by atoms with E-state index in [2.05, 4.69) is 118 Å². The summed E-state index contributed by atoms with van der Waals surface area (Å²) in [5, 5.41) is 0. The summed E-state index contributed by atoms with van der Waals surface area (Å²) >= 11 is 0. The molecule has 0 N–H and O–H groups in total. The average Bonchev–Trinajstić information content (AvgIpc) is 3.45. The van der Waals surface area contributed by atoms with Crippen molar-refractivity contribution in [2.45, 2.75) is 322 Å². The van der Waals surface area contributed by atoms with E-state index < -0.39 is 12.1 Å². The van der Waals surface area contributed by atoms with Gasteiger partial charge in [0.05, 0.1) is 6.42 Å².